The monoisotopic (exact) mass is 352 g/mol. The Morgan fingerprint density at radius 3 is 2.35 bits per heavy atom. The minimum Gasteiger partial charge on any atom is -0.493 e. The van der Waals surface area contributed by atoms with E-state index in [2.05, 4.69) is 10.1 Å². The molecule has 1 rings (SSSR count). The van der Waals surface area contributed by atoms with Crippen molar-refractivity contribution in [2.24, 2.45) is 5.73 Å². The fraction of sp³-hybridized carbons (Fsp3) is 0.533. The number of hydrogen-bond acceptors (Lipinski definition) is 4. The molecule has 1 aromatic rings. The lowest BCUT2D eigenvalue weighted by Crippen LogP contribution is -2.52. The third-order valence-electron chi connectivity index (χ3n) is 3.76. The molecule has 0 aliphatic rings. The zero-order chi connectivity index (χ0) is 16.8. The van der Waals surface area contributed by atoms with Crippen molar-refractivity contribution in [3.63, 3.8) is 0 Å². The maximum atomic E-state index is 12.3. The summed E-state index contributed by atoms with van der Waals surface area (Å²) in [6.45, 7) is 1.24. The van der Waals surface area contributed by atoms with Crippen LogP contribution in [0.1, 0.15) is 37.0 Å². The van der Waals surface area contributed by atoms with E-state index < -0.39 is 12.2 Å². The Labute approximate surface area is 140 Å². The lowest BCUT2D eigenvalue weighted by atomic mass is 9.92. The topological polar surface area (TPSA) is 73.6 Å². The minimum atomic E-state index is -2.96. The van der Waals surface area contributed by atoms with Crippen molar-refractivity contribution in [2.75, 3.05) is 13.7 Å². The van der Waals surface area contributed by atoms with Gasteiger partial charge in [-0.15, -0.1) is 12.4 Å². The quantitative estimate of drug-likeness (QED) is 0.754. The summed E-state index contributed by atoms with van der Waals surface area (Å²) in [6, 6.07) is 4.05. The van der Waals surface area contributed by atoms with Crippen molar-refractivity contribution in [2.45, 2.75) is 38.8 Å². The van der Waals surface area contributed by atoms with E-state index in [0.717, 1.165) is 0 Å². The van der Waals surface area contributed by atoms with Gasteiger partial charge in [-0.1, -0.05) is 13.8 Å². The SMILES string of the molecule is CCC(CC)(CN)NC(=O)c1ccc(OC(F)F)c(OC)c1.Cl. The predicted molar refractivity (Wildman–Crippen MR) is 86.7 cm³/mol. The van der Waals surface area contributed by atoms with Crippen LogP contribution in [0.5, 0.6) is 11.5 Å². The van der Waals surface area contributed by atoms with Crippen molar-refractivity contribution in [1.29, 1.82) is 0 Å². The van der Waals surface area contributed by atoms with Crippen molar-refractivity contribution in [3.8, 4) is 11.5 Å². The maximum Gasteiger partial charge on any atom is 0.387 e. The van der Waals surface area contributed by atoms with Crippen molar-refractivity contribution in [3.05, 3.63) is 23.8 Å². The summed E-state index contributed by atoms with van der Waals surface area (Å²) >= 11 is 0. The lowest BCUT2D eigenvalue weighted by molar-refractivity contribution is -0.0512. The summed E-state index contributed by atoms with van der Waals surface area (Å²) in [5, 5.41) is 2.90. The molecule has 23 heavy (non-hydrogen) atoms. The minimum absolute atomic E-state index is 0. The number of hydrogen-bond donors (Lipinski definition) is 2. The van der Waals surface area contributed by atoms with Crippen molar-refractivity contribution < 1.29 is 23.0 Å². The molecule has 0 aliphatic heterocycles. The van der Waals surface area contributed by atoms with Gasteiger partial charge in [-0.25, -0.2) is 0 Å². The number of rotatable bonds is 8. The molecule has 0 saturated carbocycles. The summed E-state index contributed by atoms with van der Waals surface area (Å²) in [5.41, 5.74) is 5.55. The van der Waals surface area contributed by atoms with E-state index in [-0.39, 0.29) is 35.4 Å². The normalized spacial score (nSPS) is 10.9. The molecule has 0 aromatic heterocycles. The first-order valence-corrected chi connectivity index (χ1v) is 7.06. The molecule has 0 heterocycles. The number of nitrogens with one attached hydrogen (secondary N) is 1. The zero-order valence-corrected chi connectivity index (χ0v) is 14.2. The predicted octanol–water partition coefficient (Wildman–Crippen LogP) is 2.97. The Kier molecular flexibility index (Phi) is 8.86. The highest BCUT2D eigenvalue weighted by molar-refractivity contribution is 5.95. The molecule has 0 unspecified atom stereocenters. The van der Waals surface area contributed by atoms with Crippen LogP contribution in [0.25, 0.3) is 0 Å². The lowest BCUT2D eigenvalue weighted by Gasteiger charge is -2.31. The number of alkyl halides is 2. The standard InChI is InChI=1S/C15H22F2N2O3.ClH/c1-4-15(5-2,9-18)19-13(20)10-6-7-11(22-14(16)17)12(8-10)21-3;/h6-8,14H,4-5,9,18H2,1-3H3,(H,19,20);1H. The number of halogens is 3. The molecular formula is C15H23ClF2N2O3. The Hall–Kier alpha value is -1.60. The Bertz CT molecular complexity index is 503. The van der Waals surface area contributed by atoms with Crippen LogP contribution in [0.15, 0.2) is 18.2 Å². The molecule has 0 atom stereocenters. The van der Waals surface area contributed by atoms with E-state index in [4.69, 9.17) is 10.5 Å². The van der Waals surface area contributed by atoms with Crippen LogP contribution in [0, 0.1) is 0 Å². The van der Waals surface area contributed by atoms with Gasteiger partial charge >= 0.3 is 6.61 Å². The first-order valence-electron chi connectivity index (χ1n) is 7.06. The van der Waals surface area contributed by atoms with E-state index in [0.29, 0.717) is 19.4 Å². The molecule has 5 nitrogen and oxygen atoms in total. The van der Waals surface area contributed by atoms with Crippen LogP contribution in [0.3, 0.4) is 0 Å². The van der Waals surface area contributed by atoms with Crippen LogP contribution in [-0.4, -0.2) is 31.7 Å². The highest BCUT2D eigenvalue weighted by Crippen LogP contribution is 2.29. The van der Waals surface area contributed by atoms with Gasteiger partial charge in [-0.05, 0) is 31.0 Å². The second-order valence-corrected chi connectivity index (χ2v) is 4.89. The van der Waals surface area contributed by atoms with Gasteiger partial charge in [-0.3, -0.25) is 4.79 Å². The van der Waals surface area contributed by atoms with Gasteiger partial charge in [0.15, 0.2) is 11.5 Å². The number of nitrogens with two attached hydrogens (primary N) is 1. The third-order valence-corrected chi connectivity index (χ3v) is 3.76. The average Bonchev–Trinajstić information content (AvgIpc) is 2.52. The Morgan fingerprint density at radius 1 is 1.30 bits per heavy atom. The molecule has 0 spiro atoms. The average molecular weight is 353 g/mol. The van der Waals surface area contributed by atoms with Crippen molar-refractivity contribution >= 4 is 18.3 Å². The van der Waals surface area contributed by atoms with E-state index in [1.165, 1.54) is 25.3 Å². The van der Waals surface area contributed by atoms with Gasteiger partial charge in [0.2, 0.25) is 0 Å². The first-order chi connectivity index (χ1) is 10.4. The van der Waals surface area contributed by atoms with Crippen LogP contribution < -0.4 is 20.5 Å². The fourth-order valence-electron chi connectivity index (χ4n) is 2.08. The summed E-state index contributed by atoms with van der Waals surface area (Å²) in [6.07, 6.45) is 1.38. The van der Waals surface area contributed by atoms with Gasteiger partial charge in [0, 0.05) is 12.1 Å². The van der Waals surface area contributed by atoms with Gasteiger partial charge in [0.1, 0.15) is 0 Å². The third kappa shape index (κ3) is 5.51. The second kappa shape index (κ2) is 9.52. The number of benzene rings is 1. The Balaban J connectivity index is 0.00000484. The van der Waals surface area contributed by atoms with E-state index in [1.54, 1.807) is 0 Å². The zero-order valence-electron chi connectivity index (χ0n) is 13.4. The van der Waals surface area contributed by atoms with Crippen molar-refractivity contribution in [1.82, 2.24) is 5.32 Å². The van der Waals surface area contributed by atoms with Crippen LogP contribution >= 0.6 is 12.4 Å². The van der Waals surface area contributed by atoms with Gasteiger partial charge < -0.3 is 20.5 Å². The van der Waals surface area contributed by atoms with Crippen LogP contribution in [0.2, 0.25) is 0 Å². The number of carbonyl (C=O) groups is 1. The van der Waals surface area contributed by atoms with E-state index in [1.807, 2.05) is 13.8 Å². The molecule has 0 radical (unpaired) electrons. The smallest absolute Gasteiger partial charge is 0.387 e. The maximum absolute atomic E-state index is 12.3. The molecule has 1 aromatic carbocycles. The molecule has 132 valence electrons. The fourth-order valence-corrected chi connectivity index (χ4v) is 2.08. The number of carbonyl (C=O) groups excluding carboxylic acids is 1. The molecule has 0 bridgehead atoms. The molecule has 0 aliphatic carbocycles. The highest BCUT2D eigenvalue weighted by Gasteiger charge is 2.27. The van der Waals surface area contributed by atoms with Gasteiger partial charge in [0.25, 0.3) is 5.91 Å². The molecule has 8 heteroatoms. The molecule has 0 fully saturated rings. The largest absolute Gasteiger partial charge is 0.493 e. The van der Waals surface area contributed by atoms with E-state index in [9.17, 15) is 13.6 Å². The number of amides is 1. The molecule has 3 N–H and O–H groups in total. The van der Waals surface area contributed by atoms with Gasteiger partial charge in [0.05, 0.1) is 12.6 Å². The second-order valence-electron chi connectivity index (χ2n) is 4.89. The van der Waals surface area contributed by atoms with Crippen LogP contribution in [0.4, 0.5) is 8.78 Å². The summed E-state index contributed by atoms with van der Waals surface area (Å²) in [7, 11) is 1.32. The number of methoxy groups -OCH3 is 1. The number of ether oxygens (including phenoxy) is 2. The molecular weight excluding hydrogens is 330 g/mol. The first kappa shape index (κ1) is 21.4. The summed E-state index contributed by atoms with van der Waals surface area (Å²) in [5.74, 6) is -0.388. The van der Waals surface area contributed by atoms with Crippen LogP contribution in [-0.2, 0) is 0 Å². The Morgan fingerprint density at radius 2 is 1.91 bits per heavy atom. The summed E-state index contributed by atoms with van der Waals surface area (Å²) in [4.78, 5) is 12.3. The highest BCUT2D eigenvalue weighted by atomic mass is 35.5. The molecule has 1 amide bonds. The summed E-state index contributed by atoms with van der Waals surface area (Å²) < 4.78 is 33.9. The van der Waals surface area contributed by atoms with E-state index >= 15 is 0 Å². The van der Waals surface area contributed by atoms with Gasteiger partial charge in [-0.2, -0.15) is 8.78 Å². The molecule has 0 saturated heterocycles.